The molecule has 0 aromatic heterocycles. The smallest absolute Gasteiger partial charge is 0.323 e. The molecule has 128 valence electrons. The molecule has 0 spiro atoms. The minimum absolute atomic E-state index is 0.0158. The van der Waals surface area contributed by atoms with Crippen molar-refractivity contribution in [2.24, 2.45) is 11.3 Å². The summed E-state index contributed by atoms with van der Waals surface area (Å²) < 4.78 is 9.84. The molecule has 0 heterocycles. The number of carbonyl (C=O) groups excluding carboxylic acids is 2. The summed E-state index contributed by atoms with van der Waals surface area (Å²) in [5.41, 5.74) is 0.0644. The first-order valence-electron chi connectivity index (χ1n) is 7.73. The van der Waals surface area contributed by atoms with E-state index >= 15 is 0 Å². The average molecular weight is 321 g/mol. The first-order chi connectivity index (χ1) is 10.8. The van der Waals surface area contributed by atoms with E-state index in [0.717, 1.165) is 5.56 Å². The van der Waals surface area contributed by atoms with Crippen LogP contribution in [0.15, 0.2) is 30.3 Å². The van der Waals surface area contributed by atoms with Crippen molar-refractivity contribution >= 4 is 11.9 Å². The van der Waals surface area contributed by atoms with E-state index in [1.165, 1.54) is 14.2 Å². The summed E-state index contributed by atoms with van der Waals surface area (Å²) in [6, 6.07) is 8.66. The fourth-order valence-corrected chi connectivity index (χ4v) is 2.59. The molecule has 1 N–H and O–H groups in total. The molecular formula is C18H27NO4. The zero-order chi connectivity index (χ0) is 17.6. The summed E-state index contributed by atoms with van der Waals surface area (Å²) in [4.78, 5) is 24.3. The van der Waals surface area contributed by atoms with Gasteiger partial charge in [-0.15, -0.1) is 0 Å². The van der Waals surface area contributed by atoms with Gasteiger partial charge in [-0.1, -0.05) is 44.2 Å². The van der Waals surface area contributed by atoms with Crippen molar-refractivity contribution < 1.29 is 19.1 Å². The van der Waals surface area contributed by atoms with Gasteiger partial charge < -0.3 is 9.47 Å². The van der Waals surface area contributed by atoms with E-state index in [2.05, 4.69) is 5.32 Å². The minimum atomic E-state index is -0.850. The van der Waals surface area contributed by atoms with Crippen LogP contribution in [0.5, 0.6) is 0 Å². The van der Waals surface area contributed by atoms with Crippen molar-refractivity contribution in [2.45, 2.75) is 39.8 Å². The van der Waals surface area contributed by atoms with Crippen molar-refractivity contribution in [3.05, 3.63) is 35.9 Å². The monoisotopic (exact) mass is 321 g/mol. The number of carbonyl (C=O) groups is 2. The zero-order valence-corrected chi connectivity index (χ0v) is 14.8. The number of rotatable bonds is 7. The Hall–Kier alpha value is -1.88. The number of nitrogens with one attached hydrogen (secondary N) is 1. The minimum Gasteiger partial charge on any atom is -0.469 e. The first kappa shape index (κ1) is 19.2. The number of methoxy groups -OCH3 is 2. The van der Waals surface area contributed by atoms with E-state index < -0.39 is 11.5 Å². The molecule has 5 heteroatoms. The van der Waals surface area contributed by atoms with E-state index in [0.29, 0.717) is 0 Å². The van der Waals surface area contributed by atoms with Crippen molar-refractivity contribution in [3.8, 4) is 0 Å². The number of hydrogen-bond donors (Lipinski definition) is 1. The summed E-state index contributed by atoms with van der Waals surface area (Å²) in [7, 11) is 2.73. The molecule has 0 radical (unpaired) electrons. The van der Waals surface area contributed by atoms with Gasteiger partial charge in [0.15, 0.2) is 0 Å². The van der Waals surface area contributed by atoms with Crippen LogP contribution < -0.4 is 5.32 Å². The summed E-state index contributed by atoms with van der Waals surface area (Å²) in [5, 5.41) is 3.30. The Labute approximate surface area is 138 Å². The lowest BCUT2D eigenvalue weighted by molar-refractivity contribution is -0.154. The van der Waals surface area contributed by atoms with Crippen LogP contribution in [-0.4, -0.2) is 32.2 Å². The molecule has 0 saturated heterocycles. The number of ether oxygens (including phenoxy) is 2. The topological polar surface area (TPSA) is 64.6 Å². The fourth-order valence-electron chi connectivity index (χ4n) is 2.59. The van der Waals surface area contributed by atoms with E-state index in [9.17, 15) is 9.59 Å². The van der Waals surface area contributed by atoms with Gasteiger partial charge in [0.05, 0.1) is 19.6 Å². The third-order valence-corrected chi connectivity index (χ3v) is 4.03. The molecule has 5 nitrogen and oxygen atoms in total. The predicted molar refractivity (Wildman–Crippen MR) is 88.8 cm³/mol. The molecule has 0 aliphatic rings. The number of benzene rings is 1. The highest BCUT2D eigenvalue weighted by atomic mass is 16.5. The van der Waals surface area contributed by atoms with Gasteiger partial charge in [0.2, 0.25) is 0 Å². The second kappa shape index (κ2) is 8.11. The molecule has 2 atom stereocenters. The second-order valence-corrected chi connectivity index (χ2v) is 6.47. The molecule has 0 saturated carbocycles. The quantitative estimate of drug-likeness (QED) is 0.782. The predicted octanol–water partition coefficient (Wildman–Crippen LogP) is 2.71. The molecule has 1 aromatic rings. The summed E-state index contributed by atoms with van der Waals surface area (Å²) in [6.45, 7) is 7.47. The fraction of sp³-hybridized carbons (Fsp3) is 0.556. The van der Waals surface area contributed by atoms with Gasteiger partial charge in [-0.3, -0.25) is 14.9 Å². The molecule has 1 aromatic carbocycles. The van der Waals surface area contributed by atoms with Crippen LogP contribution in [0.25, 0.3) is 0 Å². The van der Waals surface area contributed by atoms with Crippen LogP contribution in [0.3, 0.4) is 0 Å². The highest BCUT2D eigenvalue weighted by Crippen LogP contribution is 2.35. The number of esters is 2. The van der Waals surface area contributed by atoms with Crippen LogP contribution in [0, 0.1) is 11.3 Å². The molecule has 0 aliphatic carbocycles. The van der Waals surface area contributed by atoms with Gasteiger partial charge in [0, 0.05) is 6.04 Å². The highest BCUT2D eigenvalue weighted by molar-refractivity contribution is 5.78. The average Bonchev–Trinajstić information content (AvgIpc) is 2.54. The lowest BCUT2D eigenvalue weighted by atomic mass is 9.79. The Morgan fingerprint density at radius 1 is 1.04 bits per heavy atom. The third kappa shape index (κ3) is 4.55. The van der Waals surface area contributed by atoms with Crippen LogP contribution in [-0.2, 0) is 19.1 Å². The summed E-state index contributed by atoms with van der Waals surface area (Å²) in [6.07, 6.45) is 0. The van der Waals surface area contributed by atoms with Gasteiger partial charge in [0.1, 0.15) is 6.04 Å². The molecule has 0 fully saturated rings. The Morgan fingerprint density at radius 2 is 1.61 bits per heavy atom. The Kier molecular flexibility index (Phi) is 6.76. The molecule has 0 aliphatic heterocycles. The summed E-state index contributed by atoms with van der Waals surface area (Å²) >= 11 is 0. The molecule has 0 unspecified atom stereocenters. The maximum atomic E-state index is 12.3. The maximum absolute atomic E-state index is 12.3. The largest absolute Gasteiger partial charge is 0.469 e. The van der Waals surface area contributed by atoms with E-state index in [1.807, 2.05) is 44.2 Å². The number of hydrogen-bond acceptors (Lipinski definition) is 5. The van der Waals surface area contributed by atoms with Gasteiger partial charge in [-0.05, 0) is 25.3 Å². The molecule has 23 heavy (non-hydrogen) atoms. The van der Waals surface area contributed by atoms with Crippen LogP contribution >= 0.6 is 0 Å². The zero-order valence-electron chi connectivity index (χ0n) is 14.8. The van der Waals surface area contributed by atoms with Gasteiger partial charge >= 0.3 is 11.9 Å². The standard InChI is InChI=1S/C18H27NO4/c1-12(2)14(16(20)22-5)19-15(13-10-8-7-9-11-13)18(3,4)17(21)23-6/h7-12,14-15,19H,1-6H3/t14-,15+/m0/s1. The SMILES string of the molecule is COC(=O)[C@@H](N[C@H](c1ccccc1)C(C)(C)C(=O)OC)C(C)C. The molecular weight excluding hydrogens is 294 g/mol. The van der Waals surface area contributed by atoms with Crippen molar-refractivity contribution in [1.29, 1.82) is 0 Å². The Bertz CT molecular complexity index is 525. The summed E-state index contributed by atoms with van der Waals surface area (Å²) in [5.74, 6) is -0.671. The first-order valence-corrected chi connectivity index (χ1v) is 7.73. The second-order valence-electron chi connectivity index (χ2n) is 6.47. The van der Waals surface area contributed by atoms with Gasteiger partial charge in [-0.2, -0.15) is 0 Å². The maximum Gasteiger partial charge on any atom is 0.323 e. The van der Waals surface area contributed by atoms with Crippen molar-refractivity contribution in [1.82, 2.24) is 5.32 Å². The third-order valence-electron chi connectivity index (χ3n) is 4.03. The highest BCUT2D eigenvalue weighted by Gasteiger charge is 2.41. The van der Waals surface area contributed by atoms with Crippen molar-refractivity contribution in [3.63, 3.8) is 0 Å². The lowest BCUT2D eigenvalue weighted by Crippen LogP contribution is -2.49. The normalized spacial score (nSPS) is 14.2. The van der Waals surface area contributed by atoms with E-state index in [4.69, 9.17) is 9.47 Å². The Balaban J connectivity index is 3.24. The Morgan fingerprint density at radius 3 is 2.04 bits per heavy atom. The van der Waals surface area contributed by atoms with Crippen LogP contribution in [0.2, 0.25) is 0 Å². The molecule has 0 bridgehead atoms. The molecule has 0 amide bonds. The van der Waals surface area contributed by atoms with E-state index in [1.54, 1.807) is 13.8 Å². The van der Waals surface area contributed by atoms with Crippen LogP contribution in [0.1, 0.15) is 39.3 Å². The molecule has 1 rings (SSSR count). The van der Waals surface area contributed by atoms with Crippen molar-refractivity contribution in [2.75, 3.05) is 14.2 Å². The lowest BCUT2D eigenvalue weighted by Gasteiger charge is -2.36. The van der Waals surface area contributed by atoms with Gasteiger partial charge in [0.25, 0.3) is 0 Å². The van der Waals surface area contributed by atoms with Gasteiger partial charge in [-0.25, -0.2) is 0 Å². The van der Waals surface area contributed by atoms with E-state index in [-0.39, 0.29) is 23.9 Å². The van der Waals surface area contributed by atoms with Crippen LogP contribution in [0.4, 0.5) is 0 Å².